The van der Waals surface area contributed by atoms with Crippen LogP contribution in [0, 0.1) is 18.2 Å². The van der Waals surface area contributed by atoms with Gasteiger partial charge in [0, 0.05) is 17.5 Å². The van der Waals surface area contributed by atoms with Crippen LogP contribution in [0.25, 0.3) is 0 Å². The highest BCUT2D eigenvalue weighted by atomic mass is 19.1. The summed E-state index contributed by atoms with van der Waals surface area (Å²) in [7, 11) is 0. The van der Waals surface area contributed by atoms with Gasteiger partial charge in [0.2, 0.25) is 5.91 Å². The zero-order valence-electron chi connectivity index (χ0n) is 9.17. The lowest BCUT2D eigenvalue weighted by molar-refractivity contribution is -0.125. The molecule has 0 atom stereocenters. The largest absolute Gasteiger partial charge is 0.369 e. The van der Waals surface area contributed by atoms with Gasteiger partial charge in [-0.25, -0.2) is 4.39 Å². The SMILES string of the molecule is Cc1nc(CC(C)(C)C(N)=O)ccc1F. The zero-order chi connectivity index (χ0) is 11.6. The first-order chi connectivity index (χ1) is 6.83. The first-order valence-corrected chi connectivity index (χ1v) is 4.75. The number of nitrogens with zero attached hydrogens (tertiary/aromatic N) is 1. The van der Waals surface area contributed by atoms with Crippen LogP contribution in [0.15, 0.2) is 12.1 Å². The predicted octanol–water partition coefficient (Wildman–Crippen LogP) is 1.58. The molecule has 2 N–H and O–H groups in total. The van der Waals surface area contributed by atoms with Crippen molar-refractivity contribution in [3.8, 4) is 0 Å². The lowest BCUT2D eigenvalue weighted by Crippen LogP contribution is -2.33. The van der Waals surface area contributed by atoms with Gasteiger partial charge in [-0.3, -0.25) is 9.78 Å². The number of rotatable bonds is 3. The van der Waals surface area contributed by atoms with Crippen molar-refractivity contribution in [2.45, 2.75) is 27.2 Å². The maximum Gasteiger partial charge on any atom is 0.223 e. The summed E-state index contributed by atoms with van der Waals surface area (Å²) in [5, 5.41) is 0. The maximum atomic E-state index is 12.9. The fourth-order valence-electron chi connectivity index (χ4n) is 1.23. The number of amides is 1. The molecule has 1 aromatic rings. The number of pyridine rings is 1. The van der Waals surface area contributed by atoms with Crippen molar-refractivity contribution in [3.63, 3.8) is 0 Å². The Morgan fingerprint density at radius 3 is 2.60 bits per heavy atom. The van der Waals surface area contributed by atoms with Crippen LogP contribution in [0.4, 0.5) is 4.39 Å². The number of nitrogens with two attached hydrogens (primary N) is 1. The quantitative estimate of drug-likeness (QED) is 0.823. The van der Waals surface area contributed by atoms with Crippen LogP contribution in [0.1, 0.15) is 25.2 Å². The fourth-order valence-corrected chi connectivity index (χ4v) is 1.23. The second-order valence-corrected chi connectivity index (χ2v) is 4.29. The summed E-state index contributed by atoms with van der Waals surface area (Å²) < 4.78 is 12.9. The molecule has 0 radical (unpaired) electrons. The normalized spacial score (nSPS) is 11.5. The zero-order valence-corrected chi connectivity index (χ0v) is 9.17. The Balaban J connectivity index is 2.91. The average Bonchev–Trinajstić information content (AvgIpc) is 2.10. The van der Waals surface area contributed by atoms with Crippen LogP contribution in [0.3, 0.4) is 0 Å². The lowest BCUT2D eigenvalue weighted by atomic mass is 9.87. The molecule has 1 heterocycles. The van der Waals surface area contributed by atoms with Crippen molar-refractivity contribution in [2.75, 3.05) is 0 Å². The second-order valence-electron chi connectivity index (χ2n) is 4.29. The van der Waals surface area contributed by atoms with Crippen molar-refractivity contribution in [1.29, 1.82) is 0 Å². The Hall–Kier alpha value is -1.45. The van der Waals surface area contributed by atoms with E-state index in [2.05, 4.69) is 4.98 Å². The Labute approximate surface area is 88.5 Å². The minimum Gasteiger partial charge on any atom is -0.369 e. The Bertz CT molecular complexity index is 388. The third kappa shape index (κ3) is 2.75. The number of hydrogen-bond acceptors (Lipinski definition) is 2. The molecule has 15 heavy (non-hydrogen) atoms. The summed E-state index contributed by atoms with van der Waals surface area (Å²) in [6.07, 6.45) is 0.420. The minimum absolute atomic E-state index is 0.337. The number of primary amides is 1. The molecule has 0 fully saturated rings. The fraction of sp³-hybridized carbons (Fsp3) is 0.455. The Morgan fingerprint density at radius 1 is 1.53 bits per heavy atom. The van der Waals surface area contributed by atoms with E-state index in [1.807, 2.05) is 0 Å². The molecule has 1 amide bonds. The highest BCUT2D eigenvalue weighted by Gasteiger charge is 2.25. The van der Waals surface area contributed by atoms with Crippen LogP contribution in [0.2, 0.25) is 0 Å². The van der Waals surface area contributed by atoms with E-state index in [0.717, 1.165) is 0 Å². The summed E-state index contributed by atoms with van der Waals surface area (Å²) in [4.78, 5) is 15.2. The summed E-state index contributed by atoms with van der Waals surface area (Å²) in [5.41, 5.74) is 5.61. The van der Waals surface area contributed by atoms with Gasteiger partial charge in [0.25, 0.3) is 0 Å². The van der Waals surface area contributed by atoms with Gasteiger partial charge in [-0.2, -0.15) is 0 Å². The number of aromatic nitrogens is 1. The van der Waals surface area contributed by atoms with E-state index in [1.165, 1.54) is 6.07 Å². The molecule has 0 unspecified atom stereocenters. The molecule has 0 aliphatic heterocycles. The first kappa shape index (κ1) is 11.6. The van der Waals surface area contributed by atoms with Crippen LogP contribution >= 0.6 is 0 Å². The number of carbonyl (C=O) groups is 1. The molecule has 82 valence electrons. The van der Waals surface area contributed by atoms with Crippen LogP contribution in [-0.4, -0.2) is 10.9 Å². The van der Waals surface area contributed by atoms with Crippen LogP contribution in [0.5, 0.6) is 0 Å². The van der Waals surface area contributed by atoms with E-state index in [0.29, 0.717) is 17.8 Å². The van der Waals surface area contributed by atoms with Gasteiger partial charge in [-0.1, -0.05) is 13.8 Å². The molecule has 0 aliphatic rings. The van der Waals surface area contributed by atoms with Crippen molar-refractivity contribution < 1.29 is 9.18 Å². The van der Waals surface area contributed by atoms with Crippen molar-refractivity contribution in [1.82, 2.24) is 4.98 Å². The van der Waals surface area contributed by atoms with E-state index >= 15 is 0 Å². The topological polar surface area (TPSA) is 56.0 Å². The summed E-state index contributed by atoms with van der Waals surface area (Å²) in [6.45, 7) is 5.08. The summed E-state index contributed by atoms with van der Waals surface area (Å²) >= 11 is 0. The summed E-state index contributed by atoms with van der Waals surface area (Å²) in [5.74, 6) is -0.720. The van der Waals surface area contributed by atoms with E-state index in [9.17, 15) is 9.18 Å². The Morgan fingerprint density at radius 2 is 2.13 bits per heavy atom. The first-order valence-electron chi connectivity index (χ1n) is 4.75. The maximum absolute atomic E-state index is 12.9. The standard InChI is InChI=1S/C11H15FN2O/c1-7-9(12)5-4-8(14-7)6-11(2,3)10(13)15/h4-5H,6H2,1-3H3,(H2,13,15). The van der Waals surface area contributed by atoms with Gasteiger partial charge in [0.15, 0.2) is 0 Å². The van der Waals surface area contributed by atoms with Crippen LogP contribution in [-0.2, 0) is 11.2 Å². The average molecular weight is 210 g/mol. The van der Waals surface area contributed by atoms with Gasteiger partial charge in [-0.15, -0.1) is 0 Å². The molecule has 1 rings (SSSR count). The monoisotopic (exact) mass is 210 g/mol. The molecular weight excluding hydrogens is 195 g/mol. The van der Waals surface area contributed by atoms with Gasteiger partial charge < -0.3 is 5.73 Å². The van der Waals surface area contributed by atoms with Gasteiger partial charge in [0.1, 0.15) is 5.82 Å². The number of hydrogen-bond donors (Lipinski definition) is 1. The number of halogens is 1. The van der Waals surface area contributed by atoms with Gasteiger partial charge >= 0.3 is 0 Å². The molecule has 0 aromatic carbocycles. The molecule has 0 spiro atoms. The molecule has 0 bridgehead atoms. The van der Waals surface area contributed by atoms with Crippen molar-refractivity contribution in [2.24, 2.45) is 11.1 Å². The molecule has 0 aliphatic carbocycles. The molecule has 4 heteroatoms. The Kier molecular flexibility index (Phi) is 3.07. The van der Waals surface area contributed by atoms with Crippen LogP contribution < -0.4 is 5.73 Å². The molecular formula is C11H15FN2O. The smallest absolute Gasteiger partial charge is 0.223 e. The molecule has 1 aromatic heterocycles. The van der Waals surface area contributed by atoms with Crippen molar-refractivity contribution in [3.05, 3.63) is 29.3 Å². The number of aryl methyl sites for hydroxylation is 1. The summed E-state index contributed by atoms with van der Waals surface area (Å²) in [6, 6.07) is 2.93. The highest BCUT2D eigenvalue weighted by molar-refractivity contribution is 5.80. The third-order valence-electron chi connectivity index (χ3n) is 2.37. The van der Waals surface area contributed by atoms with Gasteiger partial charge in [0.05, 0.1) is 5.69 Å². The number of carbonyl (C=O) groups excluding carboxylic acids is 1. The van der Waals surface area contributed by atoms with E-state index in [1.54, 1.807) is 26.8 Å². The van der Waals surface area contributed by atoms with Crippen molar-refractivity contribution >= 4 is 5.91 Å². The van der Waals surface area contributed by atoms with E-state index in [-0.39, 0.29) is 11.7 Å². The second kappa shape index (κ2) is 3.96. The van der Waals surface area contributed by atoms with E-state index in [4.69, 9.17) is 5.73 Å². The molecule has 0 saturated carbocycles. The predicted molar refractivity (Wildman–Crippen MR) is 55.6 cm³/mol. The third-order valence-corrected chi connectivity index (χ3v) is 2.37. The minimum atomic E-state index is -0.655. The molecule has 0 saturated heterocycles. The lowest BCUT2D eigenvalue weighted by Gasteiger charge is -2.19. The van der Waals surface area contributed by atoms with E-state index < -0.39 is 5.41 Å². The highest BCUT2D eigenvalue weighted by Crippen LogP contribution is 2.20. The van der Waals surface area contributed by atoms with Gasteiger partial charge in [-0.05, 0) is 19.1 Å². The molecule has 3 nitrogen and oxygen atoms in total.